The van der Waals surface area contributed by atoms with Crippen LogP contribution in [0.2, 0.25) is 0 Å². The van der Waals surface area contributed by atoms with Crippen molar-refractivity contribution in [1.82, 2.24) is 14.9 Å². The van der Waals surface area contributed by atoms with E-state index in [1.54, 1.807) is 18.5 Å². The zero-order valence-electron chi connectivity index (χ0n) is 10.2. The summed E-state index contributed by atoms with van der Waals surface area (Å²) >= 11 is 0. The topological polar surface area (TPSA) is 79.1 Å². The number of halogens is 2. The lowest BCUT2D eigenvalue weighted by Crippen LogP contribution is -2.05. The lowest BCUT2D eigenvalue weighted by molar-refractivity contribution is 0.186. The Hall–Kier alpha value is -2.64. The van der Waals surface area contributed by atoms with Gasteiger partial charge in [0, 0.05) is 18.0 Å². The molecule has 20 heavy (non-hydrogen) atoms. The van der Waals surface area contributed by atoms with E-state index < -0.39 is 12.7 Å². The van der Waals surface area contributed by atoms with E-state index >= 15 is 0 Å². The Morgan fingerprint density at radius 1 is 1.45 bits per heavy atom. The van der Waals surface area contributed by atoms with Gasteiger partial charge in [-0.25, -0.2) is 8.78 Å². The maximum absolute atomic E-state index is 14.4. The summed E-state index contributed by atoms with van der Waals surface area (Å²) in [5.41, 5.74) is 6.04. The zero-order chi connectivity index (χ0) is 14.1. The first kappa shape index (κ1) is 12.4. The third-order valence-corrected chi connectivity index (χ3v) is 2.85. The Labute approximate surface area is 111 Å². The first-order chi connectivity index (χ1) is 9.70. The molecule has 2 N–H and O–H groups in total. The summed E-state index contributed by atoms with van der Waals surface area (Å²) in [6.07, 6.45) is 3.25. The highest BCUT2D eigenvalue weighted by Gasteiger charge is 2.21. The first-order valence-corrected chi connectivity index (χ1v) is 5.73. The molecular formula is C12H10F2N4O2. The van der Waals surface area contributed by atoms with Crippen LogP contribution in [-0.4, -0.2) is 21.8 Å². The molecule has 8 heteroatoms. The first-order valence-electron chi connectivity index (χ1n) is 5.73. The number of fused-ring (bicyclic) bond motifs is 1. The Kier molecular flexibility index (Phi) is 2.97. The summed E-state index contributed by atoms with van der Waals surface area (Å²) in [5, 5.41) is 7.64. The Bertz CT molecular complexity index is 740. The number of nitrogen functional groups attached to an aromatic ring is 1. The molecule has 0 fully saturated rings. The predicted octanol–water partition coefficient (Wildman–Crippen LogP) is 2.10. The molecule has 3 aromatic rings. The molecule has 0 radical (unpaired) electrons. The molecule has 0 saturated heterocycles. The van der Waals surface area contributed by atoms with Crippen LogP contribution >= 0.6 is 0 Å². The summed E-state index contributed by atoms with van der Waals surface area (Å²) in [6.45, 7) is -1.03. The molecule has 2 aromatic heterocycles. The van der Waals surface area contributed by atoms with Gasteiger partial charge in [0.1, 0.15) is 5.39 Å². The second kappa shape index (κ2) is 4.80. The molecule has 0 amide bonds. The van der Waals surface area contributed by atoms with Crippen LogP contribution in [0, 0.1) is 5.82 Å². The molecule has 0 spiro atoms. The number of rotatable bonds is 4. The SMILES string of the molecule is Nc1noc2cc(Cn3cccn3)c(F)c(OCF)c12. The highest BCUT2D eigenvalue weighted by Crippen LogP contribution is 2.35. The van der Waals surface area contributed by atoms with Gasteiger partial charge in [-0.05, 0) is 12.1 Å². The number of ether oxygens (including phenoxy) is 1. The fraction of sp³-hybridized carbons (Fsp3) is 0.167. The molecule has 0 saturated carbocycles. The Balaban J connectivity index is 2.15. The second-order valence-corrected chi connectivity index (χ2v) is 4.08. The van der Waals surface area contributed by atoms with Gasteiger partial charge in [-0.15, -0.1) is 0 Å². The van der Waals surface area contributed by atoms with Crippen LogP contribution in [0.1, 0.15) is 5.56 Å². The second-order valence-electron chi connectivity index (χ2n) is 4.08. The van der Waals surface area contributed by atoms with Crippen molar-refractivity contribution < 1.29 is 18.0 Å². The van der Waals surface area contributed by atoms with Crippen LogP contribution in [0.15, 0.2) is 29.0 Å². The highest BCUT2D eigenvalue weighted by molar-refractivity contribution is 5.93. The number of hydrogen-bond donors (Lipinski definition) is 1. The van der Waals surface area contributed by atoms with E-state index in [1.165, 1.54) is 10.7 Å². The number of anilines is 1. The van der Waals surface area contributed by atoms with Gasteiger partial charge in [-0.1, -0.05) is 5.16 Å². The predicted molar refractivity (Wildman–Crippen MR) is 66.3 cm³/mol. The average molecular weight is 280 g/mol. The summed E-state index contributed by atoms with van der Waals surface area (Å²) < 4.78 is 38.0. The molecule has 0 bridgehead atoms. The molecule has 2 heterocycles. The standard InChI is InChI=1S/C12H10F2N4O2/c13-6-19-11-9-8(20-17-12(9)15)4-7(10(11)14)5-18-3-1-2-16-18/h1-4H,5-6H2,(H2,15,17). The van der Waals surface area contributed by atoms with E-state index in [9.17, 15) is 8.78 Å². The smallest absolute Gasteiger partial charge is 0.228 e. The van der Waals surface area contributed by atoms with Crippen molar-refractivity contribution in [3.63, 3.8) is 0 Å². The van der Waals surface area contributed by atoms with Crippen LogP contribution in [-0.2, 0) is 6.54 Å². The summed E-state index contributed by atoms with van der Waals surface area (Å²) in [5.74, 6) is -1.06. The van der Waals surface area contributed by atoms with E-state index in [1.807, 2.05) is 0 Å². The molecule has 0 aliphatic heterocycles. The van der Waals surface area contributed by atoms with Gasteiger partial charge >= 0.3 is 0 Å². The van der Waals surface area contributed by atoms with E-state index in [-0.39, 0.29) is 34.6 Å². The van der Waals surface area contributed by atoms with E-state index in [2.05, 4.69) is 10.3 Å². The molecule has 0 aliphatic carbocycles. The minimum atomic E-state index is -1.18. The van der Waals surface area contributed by atoms with Crippen molar-refractivity contribution in [3.8, 4) is 5.75 Å². The average Bonchev–Trinajstić information content (AvgIpc) is 3.05. The fourth-order valence-corrected chi connectivity index (χ4v) is 1.99. The van der Waals surface area contributed by atoms with Gasteiger partial charge < -0.3 is 15.0 Å². The molecule has 6 nitrogen and oxygen atoms in total. The highest BCUT2D eigenvalue weighted by atomic mass is 19.1. The monoisotopic (exact) mass is 280 g/mol. The maximum Gasteiger partial charge on any atom is 0.228 e. The van der Waals surface area contributed by atoms with Crippen molar-refractivity contribution in [3.05, 3.63) is 35.9 Å². The number of aromatic nitrogens is 3. The van der Waals surface area contributed by atoms with Gasteiger partial charge in [0.15, 0.2) is 23.0 Å². The summed E-state index contributed by atoms with van der Waals surface area (Å²) in [4.78, 5) is 0. The minimum absolute atomic E-state index is 0.0482. The Morgan fingerprint density at radius 3 is 3.00 bits per heavy atom. The molecular weight excluding hydrogens is 270 g/mol. The fourth-order valence-electron chi connectivity index (χ4n) is 1.99. The van der Waals surface area contributed by atoms with Gasteiger partial charge in [0.25, 0.3) is 0 Å². The lowest BCUT2D eigenvalue weighted by Gasteiger charge is -2.09. The van der Waals surface area contributed by atoms with Crippen molar-refractivity contribution in [2.45, 2.75) is 6.54 Å². The molecule has 1 aromatic carbocycles. The van der Waals surface area contributed by atoms with Crippen LogP contribution in [0.5, 0.6) is 5.75 Å². The van der Waals surface area contributed by atoms with Crippen molar-refractivity contribution >= 4 is 16.8 Å². The van der Waals surface area contributed by atoms with E-state index in [4.69, 9.17) is 15.0 Å². The Morgan fingerprint density at radius 2 is 2.30 bits per heavy atom. The van der Waals surface area contributed by atoms with E-state index in [0.717, 1.165) is 0 Å². The number of nitrogens with zero attached hydrogens (tertiary/aromatic N) is 3. The number of benzene rings is 1. The summed E-state index contributed by atoms with van der Waals surface area (Å²) in [6, 6.07) is 3.16. The molecule has 0 aliphatic rings. The summed E-state index contributed by atoms with van der Waals surface area (Å²) in [7, 11) is 0. The molecule has 0 unspecified atom stereocenters. The quantitative estimate of drug-likeness (QED) is 0.791. The van der Waals surface area contributed by atoms with Gasteiger partial charge in [-0.2, -0.15) is 5.10 Å². The van der Waals surface area contributed by atoms with Crippen molar-refractivity contribution in [2.75, 3.05) is 12.6 Å². The van der Waals surface area contributed by atoms with Gasteiger partial charge in [-0.3, -0.25) is 4.68 Å². The lowest BCUT2D eigenvalue weighted by atomic mass is 10.1. The minimum Gasteiger partial charge on any atom is -0.459 e. The molecule has 104 valence electrons. The van der Waals surface area contributed by atoms with Crippen LogP contribution in [0.25, 0.3) is 11.0 Å². The van der Waals surface area contributed by atoms with Gasteiger partial charge in [0.05, 0.1) is 6.54 Å². The largest absolute Gasteiger partial charge is 0.459 e. The zero-order valence-corrected chi connectivity index (χ0v) is 10.2. The normalized spacial score (nSPS) is 11.1. The van der Waals surface area contributed by atoms with Crippen LogP contribution < -0.4 is 10.5 Å². The number of nitrogens with two attached hydrogens (primary N) is 1. The maximum atomic E-state index is 14.4. The number of hydrogen-bond acceptors (Lipinski definition) is 5. The molecule has 0 atom stereocenters. The molecule has 3 rings (SSSR count). The van der Waals surface area contributed by atoms with Crippen LogP contribution in [0.4, 0.5) is 14.6 Å². The van der Waals surface area contributed by atoms with Crippen molar-refractivity contribution in [1.29, 1.82) is 0 Å². The number of alkyl halides is 1. The third-order valence-electron chi connectivity index (χ3n) is 2.85. The van der Waals surface area contributed by atoms with Crippen LogP contribution in [0.3, 0.4) is 0 Å². The van der Waals surface area contributed by atoms with Gasteiger partial charge in [0.2, 0.25) is 6.86 Å². The third kappa shape index (κ3) is 1.94. The van der Waals surface area contributed by atoms with E-state index in [0.29, 0.717) is 0 Å². The van der Waals surface area contributed by atoms with Crippen molar-refractivity contribution in [2.24, 2.45) is 0 Å².